The standard InChI is InChI=1S/C16H16N4O2S/c1-22-12-3-2-11(13(21)10-12)4-6-17-14-5-7-18-15(20-14)16-19-8-9-23-16/h2-3,5,7-10,21H,4,6H2,1H3,(H,17,18,20). The highest BCUT2D eigenvalue weighted by Crippen LogP contribution is 2.24. The monoisotopic (exact) mass is 328 g/mol. The first-order chi connectivity index (χ1) is 11.3. The van der Waals surface area contributed by atoms with Gasteiger partial charge in [-0.05, 0) is 24.1 Å². The Morgan fingerprint density at radius 2 is 2.13 bits per heavy atom. The zero-order valence-electron chi connectivity index (χ0n) is 12.6. The van der Waals surface area contributed by atoms with Crippen molar-refractivity contribution in [2.24, 2.45) is 0 Å². The number of phenolic OH excluding ortho intramolecular Hbond substituents is 1. The topological polar surface area (TPSA) is 80.2 Å². The second kappa shape index (κ2) is 7.06. The van der Waals surface area contributed by atoms with Gasteiger partial charge in [-0.2, -0.15) is 0 Å². The summed E-state index contributed by atoms with van der Waals surface area (Å²) in [6, 6.07) is 7.11. The van der Waals surface area contributed by atoms with Gasteiger partial charge in [-0.25, -0.2) is 15.0 Å². The van der Waals surface area contributed by atoms with Gasteiger partial charge in [0.1, 0.15) is 17.3 Å². The highest BCUT2D eigenvalue weighted by molar-refractivity contribution is 7.12. The molecule has 0 unspecified atom stereocenters. The summed E-state index contributed by atoms with van der Waals surface area (Å²) in [4.78, 5) is 12.9. The van der Waals surface area contributed by atoms with E-state index in [1.54, 1.807) is 25.6 Å². The molecular formula is C16H16N4O2S. The first kappa shape index (κ1) is 15.2. The minimum Gasteiger partial charge on any atom is -0.508 e. The van der Waals surface area contributed by atoms with Gasteiger partial charge in [0.15, 0.2) is 10.8 Å². The van der Waals surface area contributed by atoms with Crippen molar-refractivity contribution in [3.8, 4) is 22.3 Å². The fourth-order valence-electron chi connectivity index (χ4n) is 2.10. The van der Waals surface area contributed by atoms with Gasteiger partial charge in [-0.1, -0.05) is 6.07 Å². The van der Waals surface area contributed by atoms with E-state index in [4.69, 9.17) is 4.74 Å². The number of thiazole rings is 1. The van der Waals surface area contributed by atoms with Crippen molar-refractivity contribution < 1.29 is 9.84 Å². The maximum Gasteiger partial charge on any atom is 0.190 e. The molecule has 0 fully saturated rings. The third-order valence-corrected chi connectivity index (χ3v) is 4.04. The molecule has 0 atom stereocenters. The number of rotatable bonds is 6. The van der Waals surface area contributed by atoms with Crippen LogP contribution in [0.5, 0.6) is 11.5 Å². The van der Waals surface area contributed by atoms with Crippen LogP contribution in [0.1, 0.15) is 5.56 Å². The fraction of sp³-hybridized carbons (Fsp3) is 0.188. The van der Waals surface area contributed by atoms with E-state index in [9.17, 15) is 5.11 Å². The van der Waals surface area contributed by atoms with Crippen molar-refractivity contribution in [1.82, 2.24) is 15.0 Å². The molecule has 0 radical (unpaired) electrons. The second-order valence-electron chi connectivity index (χ2n) is 4.77. The lowest BCUT2D eigenvalue weighted by atomic mass is 10.1. The van der Waals surface area contributed by atoms with E-state index in [0.29, 0.717) is 24.5 Å². The largest absolute Gasteiger partial charge is 0.508 e. The van der Waals surface area contributed by atoms with Gasteiger partial charge in [0.05, 0.1) is 7.11 Å². The van der Waals surface area contributed by atoms with Gasteiger partial charge in [-0.3, -0.25) is 0 Å². The van der Waals surface area contributed by atoms with Crippen LogP contribution in [-0.4, -0.2) is 33.7 Å². The van der Waals surface area contributed by atoms with E-state index in [0.717, 1.165) is 16.4 Å². The summed E-state index contributed by atoms with van der Waals surface area (Å²) in [5.74, 6) is 2.22. The zero-order chi connectivity index (χ0) is 16.1. The molecule has 0 bridgehead atoms. The molecule has 0 spiro atoms. The summed E-state index contributed by atoms with van der Waals surface area (Å²) in [6.07, 6.45) is 4.11. The van der Waals surface area contributed by atoms with Gasteiger partial charge in [0, 0.05) is 30.4 Å². The lowest BCUT2D eigenvalue weighted by Gasteiger charge is -2.09. The van der Waals surface area contributed by atoms with Crippen LogP contribution in [0.15, 0.2) is 42.0 Å². The first-order valence-corrected chi connectivity index (χ1v) is 7.97. The van der Waals surface area contributed by atoms with Gasteiger partial charge >= 0.3 is 0 Å². The molecule has 118 valence electrons. The van der Waals surface area contributed by atoms with E-state index in [2.05, 4.69) is 20.3 Å². The fourth-order valence-corrected chi connectivity index (χ4v) is 2.68. The third kappa shape index (κ3) is 3.75. The Kier molecular flexibility index (Phi) is 4.68. The Labute approximate surface area is 137 Å². The molecule has 1 aromatic carbocycles. The minimum absolute atomic E-state index is 0.234. The summed E-state index contributed by atoms with van der Waals surface area (Å²) in [7, 11) is 1.57. The molecule has 7 heteroatoms. The lowest BCUT2D eigenvalue weighted by molar-refractivity contribution is 0.406. The number of phenols is 1. The number of aromatic hydroxyl groups is 1. The van der Waals surface area contributed by atoms with Crippen LogP contribution in [-0.2, 0) is 6.42 Å². The lowest BCUT2D eigenvalue weighted by Crippen LogP contribution is -2.07. The van der Waals surface area contributed by atoms with Gasteiger partial charge < -0.3 is 15.2 Å². The van der Waals surface area contributed by atoms with E-state index < -0.39 is 0 Å². The molecule has 3 rings (SSSR count). The quantitative estimate of drug-likeness (QED) is 0.724. The number of methoxy groups -OCH3 is 1. The van der Waals surface area contributed by atoms with Gasteiger partial charge in [0.2, 0.25) is 0 Å². The molecule has 23 heavy (non-hydrogen) atoms. The summed E-state index contributed by atoms with van der Waals surface area (Å²) in [5.41, 5.74) is 0.854. The Bertz CT molecular complexity index is 778. The SMILES string of the molecule is COc1ccc(CCNc2ccnc(-c3nccs3)n2)c(O)c1. The Morgan fingerprint density at radius 1 is 1.22 bits per heavy atom. The first-order valence-electron chi connectivity index (χ1n) is 7.09. The van der Waals surface area contributed by atoms with Crippen LogP contribution >= 0.6 is 11.3 Å². The summed E-state index contributed by atoms with van der Waals surface area (Å²) in [5, 5.41) is 15.9. The summed E-state index contributed by atoms with van der Waals surface area (Å²) < 4.78 is 5.07. The van der Waals surface area contributed by atoms with Crippen molar-refractivity contribution in [3.05, 3.63) is 47.6 Å². The number of ether oxygens (including phenoxy) is 1. The molecule has 6 nitrogen and oxygen atoms in total. The van der Waals surface area contributed by atoms with Crippen LogP contribution in [0.4, 0.5) is 5.82 Å². The summed E-state index contributed by atoms with van der Waals surface area (Å²) >= 11 is 1.50. The maximum atomic E-state index is 9.95. The van der Waals surface area contributed by atoms with Crippen LogP contribution in [0.25, 0.3) is 10.8 Å². The van der Waals surface area contributed by atoms with E-state index in [1.165, 1.54) is 11.3 Å². The van der Waals surface area contributed by atoms with Crippen LogP contribution < -0.4 is 10.1 Å². The van der Waals surface area contributed by atoms with Crippen molar-refractivity contribution >= 4 is 17.2 Å². The summed E-state index contributed by atoms with van der Waals surface area (Å²) in [6.45, 7) is 0.647. The van der Waals surface area contributed by atoms with Crippen LogP contribution in [0, 0.1) is 0 Å². The molecule has 0 aliphatic rings. The zero-order valence-corrected chi connectivity index (χ0v) is 13.4. The molecule has 0 aliphatic carbocycles. The molecule has 0 amide bonds. The van der Waals surface area contributed by atoms with Crippen molar-refractivity contribution in [2.75, 3.05) is 19.0 Å². The molecule has 2 heterocycles. The van der Waals surface area contributed by atoms with Crippen molar-refractivity contribution in [2.45, 2.75) is 6.42 Å². The Morgan fingerprint density at radius 3 is 2.87 bits per heavy atom. The van der Waals surface area contributed by atoms with Crippen molar-refractivity contribution in [1.29, 1.82) is 0 Å². The van der Waals surface area contributed by atoms with Gasteiger partial charge in [0.25, 0.3) is 0 Å². The molecule has 0 saturated carbocycles. The number of anilines is 1. The third-order valence-electron chi connectivity index (χ3n) is 3.27. The van der Waals surface area contributed by atoms with Gasteiger partial charge in [-0.15, -0.1) is 11.3 Å². The molecule has 3 aromatic rings. The molecular weight excluding hydrogens is 312 g/mol. The number of nitrogens with one attached hydrogen (secondary N) is 1. The Balaban J connectivity index is 1.62. The average Bonchev–Trinajstić information content (AvgIpc) is 3.11. The van der Waals surface area contributed by atoms with Crippen LogP contribution in [0.2, 0.25) is 0 Å². The highest BCUT2D eigenvalue weighted by atomic mass is 32.1. The highest BCUT2D eigenvalue weighted by Gasteiger charge is 2.06. The number of aromatic nitrogens is 3. The number of benzene rings is 1. The smallest absolute Gasteiger partial charge is 0.190 e. The average molecular weight is 328 g/mol. The normalized spacial score (nSPS) is 10.5. The number of nitrogens with zero attached hydrogens (tertiary/aromatic N) is 3. The molecule has 0 saturated heterocycles. The molecule has 0 aliphatic heterocycles. The van der Waals surface area contributed by atoms with Crippen molar-refractivity contribution in [3.63, 3.8) is 0 Å². The number of hydrogen-bond donors (Lipinski definition) is 2. The minimum atomic E-state index is 0.234. The molecule has 2 N–H and O–H groups in total. The van der Waals surface area contributed by atoms with E-state index >= 15 is 0 Å². The maximum absolute atomic E-state index is 9.95. The van der Waals surface area contributed by atoms with Crippen LogP contribution in [0.3, 0.4) is 0 Å². The second-order valence-corrected chi connectivity index (χ2v) is 5.67. The predicted octanol–water partition coefficient (Wildman–Crippen LogP) is 2.97. The Hall–Kier alpha value is -2.67. The van der Waals surface area contributed by atoms with E-state index in [-0.39, 0.29) is 5.75 Å². The predicted molar refractivity (Wildman–Crippen MR) is 90.0 cm³/mol. The number of hydrogen-bond acceptors (Lipinski definition) is 7. The molecule has 2 aromatic heterocycles. The van der Waals surface area contributed by atoms with E-state index in [1.807, 2.05) is 23.6 Å².